The molecule has 4 heterocycles. The Hall–Kier alpha value is -6.17. The van der Waals surface area contributed by atoms with Crippen molar-refractivity contribution in [3.8, 4) is 28.6 Å². The molecular formula is C40H37Cl2N11O3. The molecule has 14 nitrogen and oxygen atoms in total. The number of carboxylic acids is 1. The summed E-state index contributed by atoms with van der Waals surface area (Å²) in [6.45, 7) is 3.67. The molecule has 8 rings (SSSR count). The van der Waals surface area contributed by atoms with E-state index < -0.39 is 11.4 Å². The van der Waals surface area contributed by atoms with E-state index in [1.165, 1.54) is 18.3 Å². The number of nitrogens with zero attached hydrogens (tertiary/aromatic N) is 9. The fourth-order valence-corrected chi connectivity index (χ4v) is 6.01. The van der Waals surface area contributed by atoms with Crippen LogP contribution in [0.25, 0.3) is 22.5 Å². The van der Waals surface area contributed by atoms with Crippen molar-refractivity contribution in [1.82, 2.24) is 39.5 Å². The first-order valence-corrected chi connectivity index (χ1v) is 18.8. The van der Waals surface area contributed by atoms with Crippen LogP contribution in [0.15, 0.2) is 85.7 Å². The van der Waals surface area contributed by atoms with Gasteiger partial charge in [-0.3, -0.25) is 14.2 Å². The van der Waals surface area contributed by atoms with Crippen LogP contribution in [0.4, 0.5) is 23.3 Å². The highest BCUT2D eigenvalue weighted by Crippen LogP contribution is 2.36. The Bertz CT molecular complexity index is 2410. The fourth-order valence-electron chi connectivity index (χ4n) is 5.61. The third kappa shape index (κ3) is 9.55. The van der Waals surface area contributed by atoms with Gasteiger partial charge in [0.15, 0.2) is 5.78 Å². The van der Waals surface area contributed by atoms with Crippen LogP contribution in [0, 0.1) is 16.7 Å². The van der Waals surface area contributed by atoms with Crippen molar-refractivity contribution in [2.75, 3.05) is 10.6 Å². The Morgan fingerprint density at radius 1 is 0.768 bits per heavy atom. The van der Waals surface area contributed by atoms with Crippen LogP contribution in [0.1, 0.15) is 85.2 Å². The van der Waals surface area contributed by atoms with Gasteiger partial charge in [0.25, 0.3) is 0 Å². The van der Waals surface area contributed by atoms with Crippen LogP contribution < -0.4 is 10.6 Å². The summed E-state index contributed by atoms with van der Waals surface area (Å²) in [5, 5.41) is 33.9. The summed E-state index contributed by atoms with van der Waals surface area (Å²) in [6, 6.07) is 16.8. The van der Waals surface area contributed by atoms with Crippen LogP contribution in [0.2, 0.25) is 10.0 Å². The molecule has 284 valence electrons. The number of carbonyl (C=O) groups is 2. The average Bonchev–Trinajstić information content (AvgIpc) is 4.15. The van der Waals surface area contributed by atoms with Gasteiger partial charge >= 0.3 is 5.97 Å². The SMILES string of the molecule is CC(C)(C#N)CCC(=O)c1ccc(-c2nc(Nc3cnn(C4CC4)c3)ncc2Cl)cc1.O=C(O)c1ccc(-c2nc(Nc3cnn(C4CC4)c3)ncc2Cl)cc1. The van der Waals surface area contributed by atoms with Gasteiger partial charge in [-0.1, -0.05) is 59.6 Å². The molecule has 2 aromatic carbocycles. The highest BCUT2D eigenvalue weighted by molar-refractivity contribution is 6.33. The van der Waals surface area contributed by atoms with Gasteiger partial charge < -0.3 is 15.7 Å². The number of aromatic nitrogens is 8. The summed E-state index contributed by atoms with van der Waals surface area (Å²) < 4.78 is 3.89. The van der Waals surface area contributed by atoms with Gasteiger partial charge in [0.1, 0.15) is 0 Å². The number of nitrogens with one attached hydrogen (secondary N) is 2. The summed E-state index contributed by atoms with van der Waals surface area (Å²) in [7, 11) is 0. The Labute approximate surface area is 332 Å². The number of hydrogen-bond acceptors (Lipinski definition) is 11. The minimum atomic E-state index is -0.977. The third-order valence-corrected chi connectivity index (χ3v) is 9.76. The standard InChI is InChI=1S/C23H23ClN6O.C17H14ClN5O2/c1-23(2,14-25)10-9-20(31)15-3-5-16(6-4-15)21-19(24)12-26-22(29-21)28-17-11-27-30(13-17)18-7-8-18;18-14-8-19-17(21-12-7-20-23(9-12)13-5-6-13)22-15(14)10-1-3-11(4-2-10)16(24)25/h3-6,11-13,18H,7-10H2,1-2H3,(H,26,28,29);1-4,7-9,13H,5-6H2,(H,24,25)(H,19,21,22). The number of rotatable bonds is 13. The summed E-state index contributed by atoms with van der Waals surface area (Å²) in [6.07, 6.45) is 15.9. The van der Waals surface area contributed by atoms with E-state index in [0.717, 1.165) is 42.6 Å². The molecule has 0 spiro atoms. The van der Waals surface area contributed by atoms with Crippen molar-refractivity contribution < 1.29 is 14.7 Å². The molecular weight excluding hydrogens is 753 g/mol. The molecule has 0 bridgehead atoms. The van der Waals surface area contributed by atoms with Gasteiger partial charge in [0.2, 0.25) is 11.9 Å². The van der Waals surface area contributed by atoms with Crippen LogP contribution in [-0.2, 0) is 0 Å². The molecule has 0 aliphatic heterocycles. The Balaban J connectivity index is 0.000000175. The number of benzene rings is 2. The number of carbonyl (C=O) groups excluding carboxylic acids is 1. The van der Waals surface area contributed by atoms with Gasteiger partial charge in [-0.05, 0) is 58.1 Å². The Kier molecular flexibility index (Phi) is 11.1. The van der Waals surface area contributed by atoms with Gasteiger partial charge in [-0.25, -0.2) is 24.7 Å². The number of halogens is 2. The van der Waals surface area contributed by atoms with Crippen molar-refractivity contribution in [3.05, 3.63) is 107 Å². The predicted octanol–water partition coefficient (Wildman–Crippen LogP) is 9.35. The molecule has 16 heteroatoms. The van der Waals surface area contributed by atoms with E-state index in [1.807, 2.05) is 47.7 Å². The number of aromatic carboxylic acids is 1. The van der Waals surface area contributed by atoms with Crippen LogP contribution in [0.3, 0.4) is 0 Å². The van der Waals surface area contributed by atoms with Gasteiger partial charge in [0, 0.05) is 35.5 Å². The van der Waals surface area contributed by atoms with Gasteiger partial charge in [-0.2, -0.15) is 15.5 Å². The summed E-state index contributed by atoms with van der Waals surface area (Å²) in [5.41, 5.74) is 4.55. The van der Waals surface area contributed by atoms with Crippen molar-refractivity contribution in [2.24, 2.45) is 5.41 Å². The van der Waals surface area contributed by atoms with Crippen LogP contribution in [-0.4, -0.2) is 56.4 Å². The zero-order valence-corrected chi connectivity index (χ0v) is 32.0. The second kappa shape index (κ2) is 16.3. The lowest BCUT2D eigenvalue weighted by molar-refractivity contribution is 0.0696. The molecule has 0 atom stereocenters. The maximum absolute atomic E-state index is 12.5. The van der Waals surface area contributed by atoms with E-state index in [9.17, 15) is 9.59 Å². The molecule has 0 unspecified atom stereocenters. The average molecular weight is 791 g/mol. The molecule has 6 aromatic rings. The molecule has 0 saturated heterocycles. The van der Waals surface area contributed by atoms with E-state index in [-0.39, 0.29) is 11.3 Å². The van der Waals surface area contributed by atoms with Gasteiger partial charge in [0.05, 0.1) is 86.7 Å². The molecule has 3 N–H and O–H groups in total. The fraction of sp³-hybridized carbons (Fsp3) is 0.275. The first-order valence-electron chi connectivity index (χ1n) is 18.0. The molecule has 2 aliphatic carbocycles. The molecule has 56 heavy (non-hydrogen) atoms. The molecule has 4 aromatic heterocycles. The minimum absolute atomic E-state index is 0.0127. The highest BCUT2D eigenvalue weighted by Gasteiger charge is 2.25. The number of Topliss-reactive ketones (excluding diaryl/α,β-unsaturated/α-hetero) is 1. The Morgan fingerprint density at radius 2 is 1.21 bits per heavy atom. The first-order chi connectivity index (χ1) is 26.9. The maximum Gasteiger partial charge on any atom is 0.335 e. The number of hydrogen-bond donors (Lipinski definition) is 3. The zero-order chi connectivity index (χ0) is 39.4. The second-order valence-electron chi connectivity index (χ2n) is 14.3. The summed E-state index contributed by atoms with van der Waals surface area (Å²) in [4.78, 5) is 40.9. The van der Waals surface area contributed by atoms with E-state index in [4.69, 9.17) is 33.6 Å². The monoisotopic (exact) mass is 789 g/mol. The van der Waals surface area contributed by atoms with E-state index in [0.29, 0.717) is 69.4 Å². The summed E-state index contributed by atoms with van der Waals surface area (Å²) in [5.74, 6) is -0.139. The topological polar surface area (TPSA) is 189 Å². The van der Waals surface area contributed by atoms with E-state index in [2.05, 4.69) is 46.8 Å². The lowest BCUT2D eigenvalue weighted by atomic mass is 9.88. The normalized spacial score (nSPS) is 13.6. The number of carboxylic acid groups (broad SMARTS) is 1. The molecule has 0 radical (unpaired) electrons. The largest absolute Gasteiger partial charge is 0.478 e. The molecule has 2 aliphatic rings. The van der Waals surface area contributed by atoms with Crippen LogP contribution >= 0.6 is 23.2 Å². The van der Waals surface area contributed by atoms with E-state index >= 15 is 0 Å². The number of ketones is 1. The second-order valence-corrected chi connectivity index (χ2v) is 15.1. The Morgan fingerprint density at radius 3 is 1.62 bits per heavy atom. The zero-order valence-electron chi connectivity index (χ0n) is 30.5. The van der Waals surface area contributed by atoms with Crippen molar-refractivity contribution in [2.45, 2.75) is 64.5 Å². The molecule has 2 fully saturated rings. The maximum atomic E-state index is 12.5. The quantitative estimate of drug-likeness (QED) is 0.0942. The lowest BCUT2D eigenvalue weighted by Crippen LogP contribution is -2.11. The van der Waals surface area contributed by atoms with E-state index in [1.54, 1.807) is 42.9 Å². The van der Waals surface area contributed by atoms with Crippen molar-refractivity contribution in [3.63, 3.8) is 0 Å². The smallest absolute Gasteiger partial charge is 0.335 e. The van der Waals surface area contributed by atoms with Gasteiger partial charge in [-0.15, -0.1) is 0 Å². The predicted molar refractivity (Wildman–Crippen MR) is 212 cm³/mol. The summed E-state index contributed by atoms with van der Waals surface area (Å²) >= 11 is 12.5. The van der Waals surface area contributed by atoms with Crippen molar-refractivity contribution in [1.29, 1.82) is 5.26 Å². The first kappa shape index (κ1) is 38.1. The highest BCUT2D eigenvalue weighted by atomic mass is 35.5. The third-order valence-electron chi connectivity index (χ3n) is 9.21. The van der Waals surface area contributed by atoms with Crippen molar-refractivity contribution >= 4 is 58.2 Å². The number of nitriles is 1. The van der Waals surface area contributed by atoms with Crippen LogP contribution in [0.5, 0.6) is 0 Å². The number of anilines is 4. The molecule has 0 amide bonds. The molecule has 2 saturated carbocycles. The lowest BCUT2D eigenvalue weighted by Gasteiger charge is -2.13. The minimum Gasteiger partial charge on any atom is -0.478 e.